The summed E-state index contributed by atoms with van der Waals surface area (Å²) in [6.07, 6.45) is 1.32. The van der Waals surface area contributed by atoms with E-state index in [1.807, 2.05) is 13.1 Å². The van der Waals surface area contributed by atoms with Gasteiger partial charge in [0, 0.05) is 12.7 Å². The number of benzene rings is 1. The molecule has 1 rings (SSSR count). The van der Waals surface area contributed by atoms with Gasteiger partial charge in [0.1, 0.15) is 0 Å². The first kappa shape index (κ1) is 12.0. The molecule has 0 saturated heterocycles. The van der Waals surface area contributed by atoms with E-state index < -0.39 is 0 Å². The number of hydrogen-bond acceptors (Lipinski definition) is 1. The van der Waals surface area contributed by atoms with Crippen LogP contribution in [0, 0.1) is 19.3 Å². The molecule has 1 N–H and O–H groups in total. The third-order valence-electron chi connectivity index (χ3n) is 1.93. The molecule has 0 heterocycles. The third kappa shape index (κ3) is 2.74. The first-order valence-electron chi connectivity index (χ1n) is 3.96. The molecule has 0 aliphatic rings. The zero-order chi connectivity index (χ0) is 9.14. The number of aryl methyl sites for hydroxylation is 2. The van der Waals surface area contributed by atoms with Gasteiger partial charge in [-0.2, -0.15) is 0 Å². The van der Waals surface area contributed by atoms with Crippen LogP contribution in [0.4, 0.5) is 5.69 Å². The van der Waals surface area contributed by atoms with Crippen LogP contribution in [0.15, 0.2) is 18.2 Å². The molecule has 0 fully saturated rings. The van der Waals surface area contributed by atoms with Gasteiger partial charge in [-0.15, -0.1) is 12.4 Å². The Bertz CT molecular complexity index is 297. The smallest absolute Gasteiger partial charge is 0.0859 e. The second kappa shape index (κ2) is 4.87. The van der Waals surface area contributed by atoms with E-state index in [4.69, 9.17) is 5.41 Å². The highest BCUT2D eigenvalue weighted by molar-refractivity contribution is 5.85. The Hall–Kier alpha value is -1.02. The minimum atomic E-state index is 0. The largest absolute Gasteiger partial charge is 0.336 e. The Kier molecular flexibility index (Phi) is 4.49. The Labute approximate surface area is 85.5 Å². The highest BCUT2D eigenvalue weighted by Crippen LogP contribution is 2.18. The minimum absolute atomic E-state index is 0. The summed E-state index contributed by atoms with van der Waals surface area (Å²) < 4.78 is 0. The van der Waals surface area contributed by atoms with Crippen molar-refractivity contribution in [3.8, 4) is 0 Å². The predicted octanol–water partition coefficient (Wildman–Crippen LogP) is 2.77. The van der Waals surface area contributed by atoms with Crippen molar-refractivity contribution in [1.82, 2.24) is 0 Å². The quantitative estimate of drug-likeness (QED) is 0.574. The van der Waals surface area contributed by atoms with Crippen molar-refractivity contribution in [2.75, 3.05) is 11.9 Å². The maximum absolute atomic E-state index is 7.10. The Morgan fingerprint density at radius 2 is 1.92 bits per heavy atom. The van der Waals surface area contributed by atoms with Gasteiger partial charge in [-0.3, -0.25) is 5.41 Å². The average molecular weight is 199 g/mol. The lowest BCUT2D eigenvalue weighted by molar-refractivity contribution is 1.23. The van der Waals surface area contributed by atoms with Gasteiger partial charge in [0.05, 0.1) is 6.34 Å². The topological polar surface area (TPSA) is 27.1 Å². The molecule has 0 unspecified atom stereocenters. The van der Waals surface area contributed by atoms with Gasteiger partial charge in [-0.25, -0.2) is 0 Å². The van der Waals surface area contributed by atoms with E-state index in [1.165, 1.54) is 17.5 Å². The van der Waals surface area contributed by atoms with Crippen LogP contribution in [0.25, 0.3) is 0 Å². The second-order valence-electron chi connectivity index (χ2n) is 3.03. The van der Waals surface area contributed by atoms with E-state index in [-0.39, 0.29) is 12.4 Å². The highest BCUT2D eigenvalue weighted by Gasteiger charge is 2.00. The zero-order valence-corrected chi connectivity index (χ0v) is 8.98. The zero-order valence-electron chi connectivity index (χ0n) is 8.16. The van der Waals surface area contributed by atoms with Gasteiger partial charge >= 0.3 is 0 Å². The van der Waals surface area contributed by atoms with E-state index >= 15 is 0 Å². The van der Waals surface area contributed by atoms with Crippen molar-refractivity contribution in [2.24, 2.45) is 0 Å². The van der Waals surface area contributed by atoms with E-state index in [2.05, 4.69) is 26.0 Å². The lowest BCUT2D eigenvalue weighted by Crippen LogP contribution is -2.14. The molecule has 0 atom stereocenters. The van der Waals surface area contributed by atoms with Crippen molar-refractivity contribution in [2.45, 2.75) is 13.8 Å². The summed E-state index contributed by atoms with van der Waals surface area (Å²) in [6.45, 7) is 4.13. The fraction of sp³-hybridized carbons (Fsp3) is 0.300. The molecular weight excluding hydrogens is 184 g/mol. The molecule has 0 aliphatic carbocycles. The van der Waals surface area contributed by atoms with Gasteiger partial charge in [0.2, 0.25) is 0 Å². The summed E-state index contributed by atoms with van der Waals surface area (Å²) in [5, 5.41) is 7.10. The normalized spacial score (nSPS) is 8.85. The highest BCUT2D eigenvalue weighted by atomic mass is 35.5. The number of hydrogen-bond donors (Lipinski definition) is 1. The molecule has 0 radical (unpaired) electrons. The van der Waals surface area contributed by atoms with Crippen molar-refractivity contribution in [3.05, 3.63) is 29.3 Å². The van der Waals surface area contributed by atoms with Crippen LogP contribution >= 0.6 is 12.4 Å². The van der Waals surface area contributed by atoms with Crippen LogP contribution in [0.1, 0.15) is 11.1 Å². The average Bonchev–Trinajstić information content (AvgIpc) is 2.03. The molecule has 1 aromatic carbocycles. The Morgan fingerprint density at radius 1 is 1.31 bits per heavy atom. The summed E-state index contributed by atoms with van der Waals surface area (Å²) in [5.74, 6) is 0. The van der Waals surface area contributed by atoms with Crippen LogP contribution in [-0.2, 0) is 0 Å². The van der Waals surface area contributed by atoms with Crippen LogP contribution in [0.2, 0.25) is 0 Å². The van der Waals surface area contributed by atoms with E-state index in [9.17, 15) is 0 Å². The molecule has 0 aliphatic heterocycles. The molecule has 13 heavy (non-hydrogen) atoms. The number of nitrogens with one attached hydrogen (secondary N) is 1. The van der Waals surface area contributed by atoms with E-state index in [0.29, 0.717) is 0 Å². The summed E-state index contributed by atoms with van der Waals surface area (Å²) in [6, 6.07) is 6.22. The number of rotatable bonds is 2. The monoisotopic (exact) mass is 198 g/mol. The molecule has 0 amide bonds. The Balaban J connectivity index is 0.00000144. The van der Waals surface area contributed by atoms with Crippen molar-refractivity contribution in [3.63, 3.8) is 0 Å². The van der Waals surface area contributed by atoms with E-state index in [1.54, 1.807) is 4.90 Å². The van der Waals surface area contributed by atoms with E-state index in [0.717, 1.165) is 5.69 Å². The summed E-state index contributed by atoms with van der Waals surface area (Å²) in [4.78, 5) is 1.80. The first-order valence-corrected chi connectivity index (χ1v) is 3.96. The lowest BCUT2D eigenvalue weighted by Gasteiger charge is -2.15. The standard InChI is InChI=1S/C10H14N2.ClH/c1-8-4-5-10(9(2)6-8)12(3)7-11;/h4-7,11H,1-3H3;1H. The van der Waals surface area contributed by atoms with Crippen LogP contribution in [0.5, 0.6) is 0 Å². The molecule has 72 valence electrons. The number of anilines is 1. The molecule has 0 bridgehead atoms. The van der Waals surface area contributed by atoms with Gasteiger partial charge in [0.25, 0.3) is 0 Å². The number of nitrogens with zero attached hydrogens (tertiary/aromatic N) is 1. The van der Waals surface area contributed by atoms with Gasteiger partial charge in [0.15, 0.2) is 0 Å². The number of halogens is 1. The van der Waals surface area contributed by atoms with Gasteiger partial charge in [-0.1, -0.05) is 17.7 Å². The van der Waals surface area contributed by atoms with Crippen molar-refractivity contribution in [1.29, 1.82) is 5.41 Å². The summed E-state index contributed by atoms with van der Waals surface area (Å²) >= 11 is 0. The molecular formula is C10H15ClN2. The summed E-state index contributed by atoms with van der Waals surface area (Å²) in [7, 11) is 1.88. The second-order valence-corrected chi connectivity index (χ2v) is 3.03. The minimum Gasteiger partial charge on any atom is -0.336 e. The fourth-order valence-electron chi connectivity index (χ4n) is 1.27. The predicted molar refractivity (Wildman–Crippen MR) is 60.4 cm³/mol. The van der Waals surface area contributed by atoms with Crippen LogP contribution in [0.3, 0.4) is 0 Å². The molecule has 1 aromatic rings. The third-order valence-corrected chi connectivity index (χ3v) is 1.93. The van der Waals surface area contributed by atoms with Gasteiger partial charge in [-0.05, 0) is 25.5 Å². The lowest BCUT2D eigenvalue weighted by atomic mass is 10.1. The molecule has 3 heteroatoms. The molecule has 0 saturated carbocycles. The first-order chi connectivity index (χ1) is 5.65. The maximum atomic E-state index is 7.10. The maximum Gasteiger partial charge on any atom is 0.0859 e. The Morgan fingerprint density at radius 3 is 2.38 bits per heavy atom. The SMILES string of the molecule is Cc1ccc(N(C)C=N)c(C)c1.Cl. The molecule has 2 nitrogen and oxygen atoms in total. The molecule has 0 aromatic heterocycles. The van der Waals surface area contributed by atoms with Crippen LogP contribution < -0.4 is 4.90 Å². The van der Waals surface area contributed by atoms with Gasteiger partial charge < -0.3 is 4.90 Å². The van der Waals surface area contributed by atoms with Crippen LogP contribution in [-0.4, -0.2) is 13.4 Å². The molecule has 0 spiro atoms. The van der Waals surface area contributed by atoms with Crippen molar-refractivity contribution < 1.29 is 0 Å². The fourth-order valence-corrected chi connectivity index (χ4v) is 1.27. The van der Waals surface area contributed by atoms with Crippen molar-refractivity contribution >= 4 is 24.4 Å². The summed E-state index contributed by atoms with van der Waals surface area (Å²) in [5.41, 5.74) is 3.56.